The number of quaternary nitrogens is 1. The smallest absolute Gasteiger partial charge is 0.391 e. The first-order valence-electron chi connectivity index (χ1n) is 20.4. The summed E-state index contributed by atoms with van der Waals surface area (Å²) in [7, 11) is 1.62. The molecule has 0 saturated carbocycles. The lowest BCUT2D eigenvalue weighted by Gasteiger charge is -2.26. The number of aliphatic hydroxyl groups excluding tert-OH is 1. The summed E-state index contributed by atoms with van der Waals surface area (Å²) >= 11 is 0. The molecule has 3 unspecified atom stereocenters. The lowest BCUT2D eigenvalue weighted by molar-refractivity contribution is -0.870. The molecule has 288 valence electrons. The first-order chi connectivity index (χ1) is 23.0. The molecule has 8 nitrogen and oxygen atoms in total. The molecule has 0 radical (unpaired) electrons. The molecule has 0 rings (SSSR count). The van der Waals surface area contributed by atoms with Crippen LogP contribution < -0.4 is 5.32 Å². The van der Waals surface area contributed by atoms with Crippen LogP contribution in [0.15, 0.2) is 0 Å². The van der Waals surface area contributed by atoms with Gasteiger partial charge in [0, 0.05) is 6.42 Å². The summed E-state index contributed by atoms with van der Waals surface area (Å²) in [5, 5.41) is 13.8. The zero-order valence-electron chi connectivity index (χ0n) is 32.5. The molecule has 0 bridgehead atoms. The van der Waals surface area contributed by atoms with E-state index in [1.807, 2.05) is 21.1 Å². The maximum atomic E-state index is 12.6. The van der Waals surface area contributed by atoms with Crippen molar-refractivity contribution in [2.24, 2.45) is 0 Å². The quantitative estimate of drug-likeness (QED) is 0.0338. The number of phosphoric acid groups is 1. The minimum absolute atomic E-state index is 0.0774. The van der Waals surface area contributed by atoms with Crippen molar-refractivity contribution in [3.05, 3.63) is 0 Å². The van der Waals surface area contributed by atoms with Crippen LogP contribution in [0.1, 0.15) is 194 Å². The van der Waals surface area contributed by atoms with E-state index in [0.29, 0.717) is 23.9 Å². The molecular weight excluding hydrogens is 623 g/mol. The molecule has 48 heavy (non-hydrogen) atoms. The zero-order valence-corrected chi connectivity index (χ0v) is 33.4. The van der Waals surface area contributed by atoms with E-state index in [4.69, 9.17) is 9.05 Å². The summed E-state index contributed by atoms with van der Waals surface area (Å²) in [5.41, 5.74) is 0. The van der Waals surface area contributed by atoms with E-state index < -0.39 is 20.0 Å². The Kier molecular flexibility index (Phi) is 32.1. The number of nitrogens with zero attached hydrogens (tertiary/aromatic N) is 1. The number of nitrogens with one attached hydrogen (secondary N) is 1. The lowest BCUT2D eigenvalue weighted by Crippen LogP contribution is -2.46. The zero-order chi connectivity index (χ0) is 35.8. The van der Waals surface area contributed by atoms with Gasteiger partial charge in [0.1, 0.15) is 13.2 Å². The molecular formula is C39H82N2O6P+. The molecule has 0 fully saturated rings. The fourth-order valence-electron chi connectivity index (χ4n) is 6.05. The largest absolute Gasteiger partial charge is 0.472 e. The molecule has 0 spiro atoms. The number of carbonyl (C=O) groups is 1. The van der Waals surface area contributed by atoms with E-state index >= 15 is 0 Å². The first kappa shape index (κ1) is 47.5. The van der Waals surface area contributed by atoms with Crippen LogP contribution in [0.5, 0.6) is 0 Å². The molecule has 0 aromatic rings. The fourth-order valence-corrected chi connectivity index (χ4v) is 6.78. The highest BCUT2D eigenvalue weighted by molar-refractivity contribution is 7.47. The second-order valence-electron chi connectivity index (χ2n) is 15.4. The minimum atomic E-state index is -4.29. The summed E-state index contributed by atoms with van der Waals surface area (Å²) in [6.07, 6.45) is 33.1. The van der Waals surface area contributed by atoms with Crippen molar-refractivity contribution in [2.75, 3.05) is 40.9 Å². The Morgan fingerprint density at radius 3 is 1.40 bits per heavy atom. The molecule has 9 heteroatoms. The van der Waals surface area contributed by atoms with E-state index in [0.717, 1.165) is 51.4 Å². The van der Waals surface area contributed by atoms with E-state index in [9.17, 15) is 19.4 Å². The van der Waals surface area contributed by atoms with Crippen molar-refractivity contribution in [3.8, 4) is 0 Å². The maximum Gasteiger partial charge on any atom is 0.472 e. The van der Waals surface area contributed by atoms with Crippen molar-refractivity contribution in [2.45, 2.75) is 206 Å². The van der Waals surface area contributed by atoms with Gasteiger partial charge in [-0.15, -0.1) is 0 Å². The second-order valence-corrected chi connectivity index (χ2v) is 16.8. The Morgan fingerprint density at radius 1 is 0.625 bits per heavy atom. The molecule has 0 aromatic heterocycles. The molecule has 0 saturated heterocycles. The van der Waals surface area contributed by atoms with Gasteiger partial charge in [0.25, 0.3) is 0 Å². The first-order valence-corrected chi connectivity index (χ1v) is 21.9. The van der Waals surface area contributed by atoms with Crippen molar-refractivity contribution >= 4 is 13.7 Å². The average molecular weight is 706 g/mol. The van der Waals surface area contributed by atoms with Gasteiger partial charge in [0.2, 0.25) is 5.91 Å². The second kappa shape index (κ2) is 32.4. The molecule has 3 N–H and O–H groups in total. The number of hydrogen-bond acceptors (Lipinski definition) is 5. The van der Waals surface area contributed by atoms with Gasteiger partial charge in [0.15, 0.2) is 0 Å². The number of rotatable bonds is 37. The van der Waals surface area contributed by atoms with Crippen LogP contribution in [-0.4, -0.2) is 73.4 Å². The van der Waals surface area contributed by atoms with Crippen molar-refractivity contribution in [1.29, 1.82) is 0 Å². The normalized spacial score (nSPS) is 14.6. The third kappa shape index (κ3) is 34.0. The Morgan fingerprint density at radius 2 is 1.00 bits per heavy atom. The molecule has 0 aliphatic heterocycles. The van der Waals surface area contributed by atoms with E-state index in [-0.39, 0.29) is 19.1 Å². The van der Waals surface area contributed by atoms with Crippen LogP contribution >= 0.6 is 7.82 Å². The number of carbonyl (C=O) groups excluding carboxylic acids is 1. The predicted octanol–water partition coefficient (Wildman–Crippen LogP) is 10.6. The van der Waals surface area contributed by atoms with Gasteiger partial charge in [-0.2, -0.15) is 0 Å². The van der Waals surface area contributed by atoms with Gasteiger partial charge >= 0.3 is 7.82 Å². The fraction of sp³-hybridized carbons (Fsp3) is 0.974. The van der Waals surface area contributed by atoms with Gasteiger partial charge in [0.05, 0.1) is 39.9 Å². The summed E-state index contributed by atoms with van der Waals surface area (Å²) < 4.78 is 23.4. The number of phosphoric ester groups is 1. The van der Waals surface area contributed by atoms with Gasteiger partial charge < -0.3 is 19.8 Å². The van der Waals surface area contributed by atoms with Crippen molar-refractivity contribution in [3.63, 3.8) is 0 Å². The summed E-state index contributed by atoms with van der Waals surface area (Å²) in [6, 6.07) is -0.749. The standard InChI is InChI=1S/C39H81N2O6P/c1-6-8-10-12-13-14-15-16-17-18-19-20-21-22-23-24-25-26-27-29-30-32-38(42)37(40-39(43)33-31-28-11-9-7-2)36-47-48(44,45)46-35-34-41(3,4)5/h37-38,42H,6-36H2,1-5H3,(H-,40,43,44,45)/p+1. The number of unbranched alkanes of at least 4 members (excludes halogenated alkanes) is 24. The van der Waals surface area contributed by atoms with E-state index in [1.54, 1.807) is 0 Å². The lowest BCUT2D eigenvalue weighted by atomic mass is 10.0. The van der Waals surface area contributed by atoms with Crippen LogP contribution in [-0.2, 0) is 18.4 Å². The summed E-state index contributed by atoms with van der Waals surface area (Å²) in [6.45, 7) is 4.81. The van der Waals surface area contributed by atoms with Gasteiger partial charge in [-0.25, -0.2) is 4.57 Å². The molecule has 0 aliphatic carbocycles. The van der Waals surface area contributed by atoms with Gasteiger partial charge in [-0.05, 0) is 12.8 Å². The SMILES string of the molecule is CCCCCCCCCCCCCCCCCCCCCCCC(O)C(COP(=O)(O)OCC[N+](C)(C)C)NC(=O)CCCCCCC. The van der Waals surface area contributed by atoms with Crippen LogP contribution in [0.3, 0.4) is 0 Å². The Labute approximate surface area is 298 Å². The Balaban J connectivity index is 4.10. The monoisotopic (exact) mass is 706 g/mol. The Bertz CT molecular complexity index is 763. The predicted molar refractivity (Wildman–Crippen MR) is 203 cm³/mol. The van der Waals surface area contributed by atoms with Crippen molar-refractivity contribution in [1.82, 2.24) is 5.32 Å². The molecule has 0 aliphatic rings. The number of amides is 1. The molecule has 0 heterocycles. The summed E-state index contributed by atoms with van der Waals surface area (Å²) in [5.74, 6) is -0.156. The highest BCUT2D eigenvalue weighted by Gasteiger charge is 2.28. The van der Waals surface area contributed by atoms with Crippen LogP contribution in [0.4, 0.5) is 0 Å². The Hall–Kier alpha value is -0.500. The third-order valence-electron chi connectivity index (χ3n) is 9.36. The topological polar surface area (TPSA) is 105 Å². The van der Waals surface area contributed by atoms with Gasteiger partial charge in [-0.3, -0.25) is 13.8 Å². The number of hydrogen-bond donors (Lipinski definition) is 3. The van der Waals surface area contributed by atoms with E-state index in [2.05, 4.69) is 19.2 Å². The molecule has 3 atom stereocenters. The van der Waals surface area contributed by atoms with Crippen molar-refractivity contribution < 1.29 is 32.9 Å². The van der Waals surface area contributed by atoms with Crippen LogP contribution in [0.2, 0.25) is 0 Å². The highest BCUT2D eigenvalue weighted by atomic mass is 31.2. The third-order valence-corrected chi connectivity index (χ3v) is 10.3. The van der Waals surface area contributed by atoms with Crippen LogP contribution in [0.25, 0.3) is 0 Å². The highest BCUT2D eigenvalue weighted by Crippen LogP contribution is 2.43. The van der Waals surface area contributed by atoms with Gasteiger partial charge in [-0.1, -0.05) is 174 Å². The molecule has 1 amide bonds. The van der Waals surface area contributed by atoms with Crippen LogP contribution in [0, 0.1) is 0 Å². The minimum Gasteiger partial charge on any atom is -0.391 e. The number of likely N-dealkylation sites (N-methyl/N-ethyl adjacent to an activating group) is 1. The average Bonchev–Trinajstić information content (AvgIpc) is 3.02. The maximum absolute atomic E-state index is 12.6. The molecule has 0 aromatic carbocycles. The number of aliphatic hydroxyl groups is 1. The van der Waals surface area contributed by atoms with E-state index in [1.165, 1.54) is 116 Å². The summed E-state index contributed by atoms with van der Waals surface area (Å²) in [4.78, 5) is 22.8.